The molecule has 0 aromatic heterocycles. The van der Waals surface area contributed by atoms with Crippen molar-refractivity contribution in [2.75, 3.05) is 33.2 Å². The van der Waals surface area contributed by atoms with E-state index in [0.29, 0.717) is 6.04 Å². The van der Waals surface area contributed by atoms with Crippen LogP contribution in [0.15, 0.2) is 121 Å². The van der Waals surface area contributed by atoms with Crippen molar-refractivity contribution in [2.24, 2.45) is 0 Å². The largest absolute Gasteiger partial charge is 0.302 e. The predicted molar refractivity (Wildman–Crippen MR) is 210 cm³/mol. The monoisotopic (exact) mass is 722 g/mol. The minimum absolute atomic E-state index is 0. The molecule has 1 unspecified atom stereocenters. The molecular weight excluding hydrogens is 674 g/mol. The van der Waals surface area contributed by atoms with Crippen molar-refractivity contribution in [1.82, 2.24) is 9.80 Å². The van der Waals surface area contributed by atoms with E-state index in [1.54, 1.807) is 0 Å². The molecule has 5 heteroatoms. The Morgan fingerprint density at radius 2 is 1.02 bits per heavy atom. The summed E-state index contributed by atoms with van der Waals surface area (Å²) in [7, 11) is 1.34. The third-order valence-corrected chi connectivity index (χ3v) is 14.3. The predicted octanol–water partition coefficient (Wildman–Crippen LogP) is 8.14. The van der Waals surface area contributed by atoms with Crippen LogP contribution in [-0.2, 0) is 17.1 Å². The van der Waals surface area contributed by atoms with E-state index in [1.165, 1.54) is 77.4 Å². The van der Waals surface area contributed by atoms with E-state index in [1.807, 2.05) is 0 Å². The van der Waals surface area contributed by atoms with E-state index in [4.69, 9.17) is 0 Å². The van der Waals surface area contributed by atoms with E-state index in [2.05, 4.69) is 190 Å². The molecule has 0 N–H and O–H groups in total. The van der Waals surface area contributed by atoms with Crippen molar-refractivity contribution in [3.8, 4) is 0 Å². The number of benzene rings is 4. The maximum absolute atomic E-state index is 2.64. The third-order valence-electron chi connectivity index (χ3n) is 9.36. The van der Waals surface area contributed by atoms with Crippen LogP contribution in [0.1, 0.15) is 26.2 Å². The van der Waals surface area contributed by atoms with Crippen LogP contribution in [-0.4, -0.2) is 49.1 Å². The van der Waals surface area contributed by atoms with Gasteiger partial charge in [0.1, 0.15) is 0 Å². The number of rotatable bonds is 11. The Morgan fingerprint density at radius 1 is 0.571 bits per heavy atom. The summed E-state index contributed by atoms with van der Waals surface area (Å²) in [6.45, 7) is 7.23. The zero-order valence-electron chi connectivity index (χ0n) is 28.8. The van der Waals surface area contributed by atoms with Crippen LogP contribution in [0, 0.1) is 62.2 Å². The molecule has 0 spiro atoms. The summed E-state index contributed by atoms with van der Waals surface area (Å²) in [5.41, 5.74) is 2.92. The van der Waals surface area contributed by atoms with E-state index in [9.17, 15) is 0 Å². The van der Waals surface area contributed by atoms with Crippen LogP contribution < -0.4 is 21.2 Å². The van der Waals surface area contributed by atoms with Gasteiger partial charge in [-0.2, -0.15) is 0 Å². The van der Waals surface area contributed by atoms with Crippen molar-refractivity contribution >= 4 is 37.1 Å². The average molecular weight is 723 g/mol. The topological polar surface area (TPSA) is 6.48 Å². The number of nitrogens with zero attached hydrogens (tertiary/aromatic N) is 2. The zero-order chi connectivity index (χ0) is 33.0. The molecule has 3 fully saturated rings. The van der Waals surface area contributed by atoms with E-state index < -0.39 is 15.8 Å². The van der Waals surface area contributed by atoms with Gasteiger partial charge in [0.25, 0.3) is 0 Å². The summed E-state index contributed by atoms with van der Waals surface area (Å²) in [4.78, 5) is 5.18. The Morgan fingerprint density at radius 3 is 1.49 bits per heavy atom. The Bertz CT molecular complexity index is 1370. The first-order chi connectivity index (χ1) is 23.7. The normalized spacial score (nSPS) is 18.4. The van der Waals surface area contributed by atoms with Crippen LogP contribution in [0.25, 0.3) is 0 Å². The summed E-state index contributed by atoms with van der Waals surface area (Å²) in [5, 5.41) is 5.67. The van der Waals surface area contributed by atoms with Gasteiger partial charge in [-0.3, -0.25) is 0 Å². The minimum Gasteiger partial charge on any atom is -0.302 e. The SMILES string of the molecule is CC([C]1[CH][CH][CH][C]1P(c1ccccc1)c1ccccc1)N(C)CCN1CCCCC1.[CH]1[CH][CH][C](P(c2ccccc2)c2ccccc2)[CH]1.[Fe]. The van der Waals surface area contributed by atoms with Crippen molar-refractivity contribution in [3.63, 3.8) is 0 Å². The van der Waals surface area contributed by atoms with Gasteiger partial charge in [0, 0.05) is 53.4 Å². The smallest absolute Gasteiger partial charge is 0.0211 e. The van der Waals surface area contributed by atoms with Gasteiger partial charge in [0.15, 0.2) is 0 Å². The molecule has 252 valence electrons. The Labute approximate surface area is 311 Å². The van der Waals surface area contributed by atoms with Crippen LogP contribution in [0.5, 0.6) is 0 Å². The number of piperidine rings is 1. The molecule has 1 heterocycles. The first-order valence-electron chi connectivity index (χ1n) is 17.4. The van der Waals surface area contributed by atoms with Gasteiger partial charge in [-0.25, -0.2) is 0 Å². The molecule has 0 bridgehead atoms. The second-order valence-corrected chi connectivity index (χ2v) is 17.0. The first kappa shape index (κ1) is 38.4. The molecule has 2 aliphatic carbocycles. The minimum atomic E-state index is -0.545. The summed E-state index contributed by atoms with van der Waals surface area (Å²) in [6, 6.07) is 44.0. The fourth-order valence-electron chi connectivity index (χ4n) is 6.59. The maximum atomic E-state index is 2.64. The summed E-state index contributed by atoms with van der Waals surface area (Å²) < 4.78 is 0. The van der Waals surface area contributed by atoms with E-state index >= 15 is 0 Å². The quantitative estimate of drug-likeness (QED) is 0.114. The molecule has 4 aromatic carbocycles. The Balaban J connectivity index is 0.000000210. The number of hydrogen-bond donors (Lipinski definition) is 0. The van der Waals surface area contributed by atoms with Gasteiger partial charge in [-0.05, 0) is 122 Å². The molecule has 0 amide bonds. The molecule has 49 heavy (non-hydrogen) atoms. The summed E-state index contributed by atoms with van der Waals surface area (Å²) >= 11 is 0. The molecule has 1 aliphatic heterocycles. The summed E-state index contributed by atoms with van der Waals surface area (Å²) in [5.74, 6) is 1.48. The second-order valence-electron chi connectivity index (χ2n) is 12.6. The zero-order valence-corrected chi connectivity index (χ0v) is 31.7. The molecule has 10 radical (unpaired) electrons. The van der Waals surface area contributed by atoms with Crippen molar-refractivity contribution in [2.45, 2.75) is 32.2 Å². The van der Waals surface area contributed by atoms with Gasteiger partial charge in [-0.1, -0.05) is 128 Å². The first-order valence-corrected chi connectivity index (χ1v) is 20.1. The molecule has 1 atom stereocenters. The Kier molecular flexibility index (Phi) is 15.9. The van der Waals surface area contributed by atoms with Gasteiger partial charge in [0.2, 0.25) is 0 Å². The molecule has 3 aliphatic rings. The van der Waals surface area contributed by atoms with Gasteiger partial charge in [0.05, 0.1) is 0 Å². The Hall–Kier alpha value is -1.82. The standard InChI is InChI=1S/C27H34N2P.C17H14P.Fe/c1-23(28(2)21-22-29-19-10-5-11-20-29)26-17-12-18-27(26)30(24-13-6-3-7-14-24)25-15-8-4-9-16-25;1-3-9-15(10-4-1)18(17-13-7-8-14-17)16-11-5-2-6-12-16;/h3-4,6-9,12-18,23H,5,10-11,19-22H2,1-2H3;1-14H;. The number of hydrogen-bond acceptors (Lipinski definition) is 2. The molecule has 2 saturated carbocycles. The fourth-order valence-corrected chi connectivity index (χ4v) is 11.4. The number of likely N-dealkylation sites (tertiary alicyclic amines) is 1. The molecule has 1 saturated heterocycles. The van der Waals surface area contributed by atoms with Gasteiger partial charge < -0.3 is 9.80 Å². The average Bonchev–Trinajstić information content (AvgIpc) is 3.87. The van der Waals surface area contributed by atoms with E-state index in [0.717, 1.165) is 6.54 Å². The maximum Gasteiger partial charge on any atom is 0.0211 e. The number of likely N-dealkylation sites (N-methyl/N-ethyl adjacent to an activating group) is 1. The summed E-state index contributed by atoms with van der Waals surface area (Å²) in [6.07, 6.45) is 19.8. The molecule has 4 aromatic rings. The van der Waals surface area contributed by atoms with Crippen molar-refractivity contribution < 1.29 is 17.1 Å². The van der Waals surface area contributed by atoms with Crippen LogP contribution in [0.3, 0.4) is 0 Å². The van der Waals surface area contributed by atoms with Crippen LogP contribution in [0.4, 0.5) is 0 Å². The third kappa shape index (κ3) is 10.6. The van der Waals surface area contributed by atoms with Crippen molar-refractivity contribution in [1.29, 1.82) is 0 Å². The molecular formula is C44H48FeN2P2. The second kappa shape index (κ2) is 20.3. The van der Waals surface area contributed by atoms with Crippen molar-refractivity contribution in [3.05, 3.63) is 184 Å². The van der Waals surface area contributed by atoms with Crippen LogP contribution in [0.2, 0.25) is 0 Å². The van der Waals surface area contributed by atoms with Gasteiger partial charge in [-0.15, -0.1) is 0 Å². The molecule has 2 nitrogen and oxygen atoms in total. The van der Waals surface area contributed by atoms with Gasteiger partial charge >= 0.3 is 0 Å². The fraction of sp³-hybridized carbons (Fsp3) is 0.227. The molecule has 7 rings (SSSR count). The van der Waals surface area contributed by atoms with Crippen LogP contribution >= 0.6 is 15.8 Å². The van der Waals surface area contributed by atoms with E-state index in [-0.39, 0.29) is 17.1 Å².